The van der Waals surface area contributed by atoms with Crippen LogP contribution in [0, 0.1) is 5.92 Å². The molecule has 0 aliphatic carbocycles. The topological polar surface area (TPSA) is 64.8 Å². The number of fused-ring (bicyclic) bond motifs is 1. The van der Waals surface area contributed by atoms with Gasteiger partial charge in [-0.1, -0.05) is 12.1 Å². The number of para-hydroxylation sites is 2. The number of benzene rings is 1. The number of carbonyl (C=O) groups excluding carboxylic acids is 1. The number of hydrogen-bond donors (Lipinski definition) is 1. The quantitative estimate of drug-likeness (QED) is 0.897. The first-order valence-corrected chi connectivity index (χ1v) is 7.15. The maximum atomic E-state index is 12.4. The Kier molecular flexibility index (Phi) is 5.31. The molecule has 0 saturated carbocycles. The van der Waals surface area contributed by atoms with Gasteiger partial charge in [0.2, 0.25) is 6.10 Å². The monoisotopic (exact) mass is 312 g/mol. The number of rotatable bonds is 2. The third-order valence-electron chi connectivity index (χ3n) is 4.04. The molecule has 1 saturated heterocycles. The Morgan fingerprint density at radius 2 is 1.90 bits per heavy atom. The Morgan fingerprint density at radius 1 is 1.24 bits per heavy atom. The van der Waals surface area contributed by atoms with Crippen molar-refractivity contribution in [3.63, 3.8) is 0 Å². The van der Waals surface area contributed by atoms with E-state index < -0.39 is 6.10 Å². The summed E-state index contributed by atoms with van der Waals surface area (Å²) in [5, 5.41) is 0. The number of ether oxygens (including phenoxy) is 2. The summed E-state index contributed by atoms with van der Waals surface area (Å²) in [5.41, 5.74) is 5.67. The van der Waals surface area contributed by atoms with Gasteiger partial charge >= 0.3 is 0 Å². The van der Waals surface area contributed by atoms with Gasteiger partial charge in [0.25, 0.3) is 5.91 Å². The van der Waals surface area contributed by atoms with Crippen molar-refractivity contribution in [2.45, 2.75) is 18.9 Å². The molecular formula is C15H21ClN2O3. The van der Waals surface area contributed by atoms with Crippen LogP contribution < -0.4 is 15.2 Å². The molecule has 3 rings (SSSR count). The molecule has 0 radical (unpaired) electrons. The number of likely N-dealkylation sites (tertiary alicyclic amines) is 1. The van der Waals surface area contributed by atoms with E-state index in [0.717, 1.165) is 25.9 Å². The van der Waals surface area contributed by atoms with E-state index in [0.29, 0.717) is 24.0 Å². The first kappa shape index (κ1) is 15.9. The predicted molar refractivity (Wildman–Crippen MR) is 82.0 cm³/mol. The number of nitrogens with zero attached hydrogens (tertiary/aromatic N) is 1. The molecule has 6 heteroatoms. The fraction of sp³-hybridized carbons (Fsp3) is 0.533. The van der Waals surface area contributed by atoms with Crippen LogP contribution in [0.1, 0.15) is 12.8 Å². The molecule has 5 nitrogen and oxygen atoms in total. The first-order chi connectivity index (χ1) is 9.78. The van der Waals surface area contributed by atoms with Crippen molar-refractivity contribution >= 4 is 18.3 Å². The normalized spacial score (nSPS) is 21.6. The van der Waals surface area contributed by atoms with E-state index in [2.05, 4.69) is 0 Å². The summed E-state index contributed by atoms with van der Waals surface area (Å²) in [6.45, 7) is 2.52. The second kappa shape index (κ2) is 7.00. The SMILES string of the molecule is Cl.NCC1CCN(C(=O)C2COc3ccccc3O2)CC1. The molecule has 2 heterocycles. The highest BCUT2D eigenvalue weighted by molar-refractivity contribution is 5.85. The lowest BCUT2D eigenvalue weighted by atomic mass is 9.97. The number of halogens is 1. The summed E-state index contributed by atoms with van der Waals surface area (Å²) in [7, 11) is 0. The summed E-state index contributed by atoms with van der Waals surface area (Å²) in [5.74, 6) is 1.92. The van der Waals surface area contributed by atoms with Crippen LogP contribution in [0.2, 0.25) is 0 Å². The van der Waals surface area contributed by atoms with Crippen LogP contribution in [0.25, 0.3) is 0 Å². The Hall–Kier alpha value is -1.46. The highest BCUT2D eigenvalue weighted by Crippen LogP contribution is 2.31. The van der Waals surface area contributed by atoms with Crippen molar-refractivity contribution < 1.29 is 14.3 Å². The lowest BCUT2D eigenvalue weighted by molar-refractivity contribution is -0.142. The van der Waals surface area contributed by atoms with Gasteiger partial charge in [-0.05, 0) is 37.4 Å². The molecule has 0 bridgehead atoms. The van der Waals surface area contributed by atoms with E-state index in [9.17, 15) is 4.79 Å². The van der Waals surface area contributed by atoms with Gasteiger partial charge in [-0.15, -0.1) is 12.4 Å². The molecule has 21 heavy (non-hydrogen) atoms. The molecule has 0 aromatic heterocycles. The van der Waals surface area contributed by atoms with Gasteiger partial charge in [0.15, 0.2) is 11.5 Å². The molecule has 2 aliphatic heterocycles. The van der Waals surface area contributed by atoms with Crippen LogP contribution in [-0.4, -0.2) is 43.2 Å². The minimum Gasteiger partial charge on any atom is -0.485 e. The Morgan fingerprint density at radius 3 is 2.57 bits per heavy atom. The van der Waals surface area contributed by atoms with Crippen molar-refractivity contribution in [1.82, 2.24) is 4.90 Å². The van der Waals surface area contributed by atoms with Crippen molar-refractivity contribution in [1.29, 1.82) is 0 Å². The summed E-state index contributed by atoms with van der Waals surface area (Å²) in [6.07, 6.45) is 1.43. The molecule has 1 fully saturated rings. The number of hydrogen-bond acceptors (Lipinski definition) is 4. The van der Waals surface area contributed by atoms with Crippen LogP contribution in [0.3, 0.4) is 0 Å². The second-order valence-corrected chi connectivity index (χ2v) is 5.37. The molecule has 1 aromatic rings. The number of carbonyl (C=O) groups is 1. The fourth-order valence-electron chi connectivity index (χ4n) is 2.73. The third-order valence-corrected chi connectivity index (χ3v) is 4.04. The Balaban J connectivity index is 0.00000161. The molecule has 1 amide bonds. The van der Waals surface area contributed by atoms with E-state index >= 15 is 0 Å². The van der Waals surface area contributed by atoms with E-state index in [1.807, 2.05) is 29.2 Å². The van der Waals surface area contributed by atoms with Crippen molar-refractivity contribution in [3.8, 4) is 11.5 Å². The maximum Gasteiger partial charge on any atom is 0.267 e. The third kappa shape index (κ3) is 3.41. The fourth-order valence-corrected chi connectivity index (χ4v) is 2.73. The van der Waals surface area contributed by atoms with Gasteiger partial charge in [-0.3, -0.25) is 4.79 Å². The van der Waals surface area contributed by atoms with Gasteiger partial charge < -0.3 is 20.1 Å². The van der Waals surface area contributed by atoms with Crippen molar-refractivity contribution in [3.05, 3.63) is 24.3 Å². The zero-order valence-electron chi connectivity index (χ0n) is 11.9. The summed E-state index contributed by atoms with van der Waals surface area (Å²) in [4.78, 5) is 14.3. The number of piperidine rings is 1. The lowest BCUT2D eigenvalue weighted by Gasteiger charge is -2.35. The van der Waals surface area contributed by atoms with Crippen LogP contribution >= 0.6 is 12.4 Å². The summed E-state index contributed by atoms with van der Waals surface area (Å²) < 4.78 is 11.4. The largest absolute Gasteiger partial charge is 0.485 e. The molecule has 2 aliphatic rings. The maximum absolute atomic E-state index is 12.4. The number of amides is 1. The average Bonchev–Trinajstić information content (AvgIpc) is 2.54. The van der Waals surface area contributed by atoms with Crippen molar-refractivity contribution in [2.75, 3.05) is 26.2 Å². The molecule has 1 aromatic carbocycles. The molecule has 2 N–H and O–H groups in total. The van der Waals surface area contributed by atoms with E-state index in [1.54, 1.807) is 0 Å². The zero-order valence-corrected chi connectivity index (χ0v) is 12.7. The van der Waals surface area contributed by atoms with E-state index in [-0.39, 0.29) is 24.9 Å². The Labute approximate surface area is 130 Å². The van der Waals surface area contributed by atoms with Gasteiger partial charge in [0, 0.05) is 13.1 Å². The molecule has 1 unspecified atom stereocenters. The zero-order chi connectivity index (χ0) is 13.9. The first-order valence-electron chi connectivity index (χ1n) is 7.15. The molecule has 0 spiro atoms. The summed E-state index contributed by atoms with van der Waals surface area (Å²) in [6, 6.07) is 7.45. The van der Waals surface area contributed by atoms with Gasteiger partial charge in [-0.25, -0.2) is 0 Å². The van der Waals surface area contributed by atoms with Gasteiger partial charge in [0.1, 0.15) is 6.61 Å². The molecular weight excluding hydrogens is 292 g/mol. The highest BCUT2D eigenvalue weighted by atomic mass is 35.5. The predicted octanol–water partition coefficient (Wildman–Crippen LogP) is 1.45. The standard InChI is InChI=1S/C15H20N2O3.ClH/c16-9-11-5-7-17(8-6-11)15(18)14-10-19-12-3-1-2-4-13(12)20-14;/h1-4,11,14H,5-10,16H2;1H. The van der Waals surface area contributed by atoms with E-state index in [1.165, 1.54) is 0 Å². The average molecular weight is 313 g/mol. The lowest BCUT2D eigenvalue weighted by Crippen LogP contribution is -2.49. The van der Waals surface area contributed by atoms with Gasteiger partial charge in [0.05, 0.1) is 0 Å². The highest BCUT2D eigenvalue weighted by Gasteiger charge is 2.32. The smallest absolute Gasteiger partial charge is 0.267 e. The molecule has 1 atom stereocenters. The van der Waals surface area contributed by atoms with Crippen LogP contribution in [0.4, 0.5) is 0 Å². The van der Waals surface area contributed by atoms with Crippen LogP contribution in [-0.2, 0) is 4.79 Å². The van der Waals surface area contributed by atoms with Crippen LogP contribution in [0.15, 0.2) is 24.3 Å². The Bertz CT molecular complexity index is 490. The number of nitrogens with two attached hydrogens (primary N) is 1. The second-order valence-electron chi connectivity index (χ2n) is 5.37. The van der Waals surface area contributed by atoms with Crippen LogP contribution in [0.5, 0.6) is 11.5 Å². The minimum atomic E-state index is -0.528. The van der Waals surface area contributed by atoms with Gasteiger partial charge in [-0.2, -0.15) is 0 Å². The van der Waals surface area contributed by atoms with E-state index in [4.69, 9.17) is 15.2 Å². The minimum absolute atomic E-state index is 0. The molecule has 116 valence electrons. The summed E-state index contributed by atoms with van der Waals surface area (Å²) >= 11 is 0. The van der Waals surface area contributed by atoms with Crippen molar-refractivity contribution in [2.24, 2.45) is 11.7 Å².